The van der Waals surface area contributed by atoms with E-state index in [4.69, 9.17) is 0 Å². The monoisotopic (exact) mass is 324 g/mol. The molecular formula is C15H12N6OS. The molecule has 0 spiro atoms. The van der Waals surface area contributed by atoms with Crippen molar-refractivity contribution in [1.82, 2.24) is 25.0 Å². The fourth-order valence-electron chi connectivity index (χ4n) is 2.34. The van der Waals surface area contributed by atoms with E-state index in [0.29, 0.717) is 11.4 Å². The number of carbonyl (C=O) groups excluding carboxylic acids is 1. The van der Waals surface area contributed by atoms with E-state index in [1.54, 1.807) is 35.7 Å². The fourth-order valence-corrected chi connectivity index (χ4v) is 3.18. The number of rotatable bonds is 3. The van der Waals surface area contributed by atoms with Crippen molar-refractivity contribution in [3.63, 3.8) is 0 Å². The highest BCUT2D eigenvalue weighted by molar-refractivity contribution is 7.13. The van der Waals surface area contributed by atoms with Crippen molar-refractivity contribution in [2.75, 3.05) is 5.32 Å². The standard InChI is InChI=1S/C15H12N6OS/c1-21-7-9(5-17-21)18-14(22)13-8-23-15(19-13)10-3-2-4-12-11(10)6-16-20-12/h2-8H,1H3,(H,16,20)(H,18,22). The van der Waals surface area contributed by atoms with E-state index in [-0.39, 0.29) is 5.91 Å². The number of amides is 1. The second-order valence-corrected chi connectivity index (χ2v) is 5.89. The normalized spacial score (nSPS) is 11.0. The van der Waals surface area contributed by atoms with Crippen molar-refractivity contribution < 1.29 is 4.79 Å². The first-order valence-electron chi connectivity index (χ1n) is 6.89. The Bertz CT molecular complexity index is 998. The largest absolute Gasteiger partial charge is 0.318 e. The number of anilines is 1. The Balaban J connectivity index is 1.64. The summed E-state index contributed by atoms with van der Waals surface area (Å²) in [5, 5.41) is 17.3. The van der Waals surface area contributed by atoms with Gasteiger partial charge in [-0.25, -0.2) is 4.98 Å². The zero-order chi connectivity index (χ0) is 15.8. The first kappa shape index (κ1) is 13.6. The van der Waals surface area contributed by atoms with E-state index in [0.717, 1.165) is 21.5 Å². The molecule has 2 N–H and O–H groups in total. The fraction of sp³-hybridized carbons (Fsp3) is 0.0667. The molecule has 0 aliphatic heterocycles. The minimum atomic E-state index is -0.250. The van der Waals surface area contributed by atoms with Crippen molar-refractivity contribution in [1.29, 1.82) is 0 Å². The average molecular weight is 324 g/mol. The molecule has 0 bridgehead atoms. The number of hydrogen-bond acceptors (Lipinski definition) is 5. The molecule has 0 radical (unpaired) electrons. The molecule has 8 heteroatoms. The van der Waals surface area contributed by atoms with Gasteiger partial charge in [-0.1, -0.05) is 12.1 Å². The van der Waals surface area contributed by atoms with Crippen molar-refractivity contribution in [3.8, 4) is 10.6 Å². The van der Waals surface area contributed by atoms with Crippen molar-refractivity contribution >= 4 is 33.8 Å². The van der Waals surface area contributed by atoms with Gasteiger partial charge in [0.2, 0.25) is 0 Å². The first-order valence-corrected chi connectivity index (χ1v) is 7.76. The molecule has 0 fully saturated rings. The topological polar surface area (TPSA) is 88.5 Å². The lowest BCUT2D eigenvalue weighted by molar-refractivity contribution is 0.102. The predicted molar refractivity (Wildman–Crippen MR) is 88.4 cm³/mol. The average Bonchev–Trinajstić information content (AvgIpc) is 3.26. The molecular weight excluding hydrogens is 312 g/mol. The first-order chi connectivity index (χ1) is 11.2. The summed E-state index contributed by atoms with van der Waals surface area (Å²) >= 11 is 1.43. The number of thiazole rings is 1. The Morgan fingerprint density at radius 3 is 3.09 bits per heavy atom. The summed E-state index contributed by atoms with van der Waals surface area (Å²) in [7, 11) is 1.79. The van der Waals surface area contributed by atoms with Gasteiger partial charge in [-0.05, 0) is 6.07 Å². The van der Waals surface area contributed by atoms with Gasteiger partial charge in [0.1, 0.15) is 10.7 Å². The van der Waals surface area contributed by atoms with Gasteiger partial charge in [0.15, 0.2) is 0 Å². The van der Waals surface area contributed by atoms with Crippen LogP contribution in [0, 0.1) is 0 Å². The number of carbonyl (C=O) groups is 1. The molecule has 114 valence electrons. The van der Waals surface area contributed by atoms with Crippen LogP contribution < -0.4 is 5.32 Å². The molecule has 0 unspecified atom stereocenters. The Kier molecular flexibility index (Phi) is 3.16. The molecule has 0 atom stereocenters. The number of nitrogens with one attached hydrogen (secondary N) is 2. The Morgan fingerprint density at radius 1 is 1.35 bits per heavy atom. The van der Waals surface area contributed by atoms with Gasteiger partial charge < -0.3 is 5.32 Å². The van der Waals surface area contributed by atoms with Crippen LogP contribution in [-0.4, -0.2) is 30.9 Å². The van der Waals surface area contributed by atoms with Crippen LogP contribution in [0.5, 0.6) is 0 Å². The second kappa shape index (κ2) is 5.33. The molecule has 23 heavy (non-hydrogen) atoms. The lowest BCUT2D eigenvalue weighted by atomic mass is 10.1. The molecule has 4 rings (SSSR count). The Morgan fingerprint density at radius 2 is 2.26 bits per heavy atom. The van der Waals surface area contributed by atoms with Gasteiger partial charge in [-0.2, -0.15) is 10.2 Å². The van der Waals surface area contributed by atoms with E-state index in [2.05, 4.69) is 25.6 Å². The number of hydrogen-bond donors (Lipinski definition) is 2. The Hall–Kier alpha value is -3.00. The maximum absolute atomic E-state index is 12.3. The van der Waals surface area contributed by atoms with Crippen LogP contribution in [0.15, 0.2) is 42.2 Å². The molecule has 1 amide bonds. The van der Waals surface area contributed by atoms with Gasteiger partial charge in [0, 0.05) is 29.6 Å². The molecule has 0 saturated carbocycles. The maximum atomic E-state index is 12.3. The quantitative estimate of drug-likeness (QED) is 0.606. The molecule has 4 aromatic rings. The summed E-state index contributed by atoms with van der Waals surface area (Å²) in [4.78, 5) is 16.7. The van der Waals surface area contributed by atoms with Crippen molar-refractivity contribution in [2.45, 2.75) is 0 Å². The third-order valence-corrected chi connectivity index (χ3v) is 4.29. The zero-order valence-corrected chi connectivity index (χ0v) is 13.0. The summed E-state index contributed by atoms with van der Waals surface area (Å²) in [6, 6.07) is 5.86. The summed E-state index contributed by atoms with van der Waals surface area (Å²) in [6.07, 6.45) is 5.09. The predicted octanol–water partition coefficient (Wildman–Crippen LogP) is 2.67. The molecule has 7 nitrogen and oxygen atoms in total. The van der Waals surface area contributed by atoms with Crippen LogP contribution in [-0.2, 0) is 7.05 Å². The maximum Gasteiger partial charge on any atom is 0.275 e. The molecule has 0 saturated heterocycles. The van der Waals surface area contributed by atoms with E-state index >= 15 is 0 Å². The number of aryl methyl sites for hydroxylation is 1. The summed E-state index contributed by atoms with van der Waals surface area (Å²) in [6.45, 7) is 0. The van der Waals surface area contributed by atoms with E-state index in [9.17, 15) is 4.79 Å². The summed E-state index contributed by atoms with van der Waals surface area (Å²) < 4.78 is 1.63. The van der Waals surface area contributed by atoms with Crippen LogP contribution in [0.3, 0.4) is 0 Å². The third kappa shape index (κ3) is 2.49. The van der Waals surface area contributed by atoms with E-state index in [1.165, 1.54) is 11.3 Å². The number of aromatic amines is 1. The molecule has 1 aromatic carbocycles. The van der Waals surface area contributed by atoms with Crippen molar-refractivity contribution in [2.24, 2.45) is 7.05 Å². The molecule has 3 aromatic heterocycles. The van der Waals surface area contributed by atoms with E-state index in [1.807, 2.05) is 18.2 Å². The Labute approximate surface area is 135 Å². The van der Waals surface area contributed by atoms with Crippen LogP contribution in [0.25, 0.3) is 21.5 Å². The third-order valence-electron chi connectivity index (χ3n) is 3.41. The van der Waals surface area contributed by atoms with Gasteiger partial charge in [-0.3, -0.25) is 14.6 Å². The smallest absolute Gasteiger partial charge is 0.275 e. The number of aromatic nitrogens is 5. The zero-order valence-electron chi connectivity index (χ0n) is 12.1. The van der Waals surface area contributed by atoms with E-state index < -0.39 is 0 Å². The van der Waals surface area contributed by atoms with Crippen LogP contribution >= 0.6 is 11.3 Å². The minimum Gasteiger partial charge on any atom is -0.318 e. The lowest BCUT2D eigenvalue weighted by Gasteiger charge is -1.99. The van der Waals surface area contributed by atoms with Crippen LogP contribution in [0.2, 0.25) is 0 Å². The lowest BCUT2D eigenvalue weighted by Crippen LogP contribution is -2.11. The van der Waals surface area contributed by atoms with Crippen LogP contribution in [0.4, 0.5) is 5.69 Å². The van der Waals surface area contributed by atoms with Crippen LogP contribution in [0.1, 0.15) is 10.5 Å². The van der Waals surface area contributed by atoms with Gasteiger partial charge in [-0.15, -0.1) is 11.3 Å². The number of fused-ring (bicyclic) bond motifs is 1. The van der Waals surface area contributed by atoms with Gasteiger partial charge >= 0.3 is 0 Å². The highest BCUT2D eigenvalue weighted by atomic mass is 32.1. The SMILES string of the molecule is Cn1cc(NC(=O)c2csc(-c3cccc4[nH]ncc34)n2)cn1. The molecule has 0 aliphatic carbocycles. The number of nitrogens with zero attached hydrogens (tertiary/aromatic N) is 4. The minimum absolute atomic E-state index is 0.250. The van der Waals surface area contributed by atoms with Crippen molar-refractivity contribution in [3.05, 3.63) is 47.9 Å². The number of H-pyrrole nitrogens is 1. The highest BCUT2D eigenvalue weighted by Gasteiger charge is 2.14. The molecule has 3 heterocycles. The summed E-state index contributed by atoms with van der Waals surface area (Å²) in [5.74, 6) is -0.250. The highest BCUT2D eigenvalue weighted by Crippen LogP contribution is 2.30. The number of benzene rings is 1. The second-order valence-electron chi connectivity index (χ2n) is 5.03. The van der Waals surface area contributed by atoms with Gasteiger partial charge in [0.05, 0.1) is 23.6 Å². The molecule has 0 aliphatic rings. The summed E-state index contributed by atoms with van der Waals surface area (Å²) in [5.41, 5.74) is 2.93. The van der Waals surface area contributed by atoms with Gasteiger partial charge in [0.25, 0.3) is 5.91 Å².